The highest BCUT2D eigenvalue weighted by Crippen LogP contribution is 2.12. The number of carbonyl (C=O) groups is 1. The first-order valence-corrected chi connectivity index (χ1v) is 5.41. The summed E-state index contributed by atoms with van der Waals surface area (Å²) >= 11 is 0. The van der Waals surface area contributed by atoms with Crippen molar-refractivity contribution in [2.75, 3.05) is 5.32 Å². The number of hydrogen-bond donors (Lipinski definition) is 2. The first kappa shape index (κ1) is 12.2. The zero-order valence-electron chi connectivity index (χ0n) is 9.56. The summed E-state index contributed by atoms with van der Waals surface area (Å²) < 4.78 is 13.0. The zero-order chi connectivity index (χ0) is 13.0. The molecule has 2 aromatic rings. The van der Waals surface area contributed by atoms with E-state index in [4.69, 9.17) is 5.73 Å². The van der Waals surface area contributed by atoms with Crippen molar-refractivity contribution in [3.63, 3.8) is 0 Å². The number of aromatic nitrogens is 1. The van der Waals surface area contributed by atoms with E-state index in [2.05, 4.69) is 10.3 Å². The summed E-state index contributed by atoms with van der Waals surface area (Å²) in [4.78, 5) is 15.9. The van der Waals surface area contributed by atoms with E-state index in [0.717, 1.165) is 5.56 Å². The minimum atomic E-state index is -0.456. The van der Waals surface area contributed by atoms with E-state index in [0.29, 0.717) is 5.82 Å². The number of carbonyl (C=O) groups excluding carboxylic acids is 1. The average molecular weight is 245 g/mol. The molecule has 2 rings (SSSR count). The monoisotopic (exact) mass is 245 g/mol. The van der Waals surface area contributed by atoms with Crippen molar-refractivity contribution in [3.8, 4) is 0 Å². The molecule has 0 unspecified atom stereocenters. The van der Waals surface area contributed by atoms with Gasteiger partial charge in [-0.3, -0.25) is 4.79 Å². The molecular weight excluding hydrogens is 233 g/mol. The van der Waals surface area contributed by atoms with Crippen LogP contribution in [-0.4, -0.2) is 10.9 Å². The molecule has 0 fully saturated rings. The largest absolute Gasteiger partial charge is 0.326 e. The first-order valence-electron chi connectivity index (χ1n) is 5.41. The minimum Gasteiger partial charge on any atom is -0.326 e. The quantitative estimate of drug-likeness (QED) is 0.868. The molecule has 4 nitrogen and oxygen atoms in total. The Morgan fingerprint density at radius 3 is 2.89 bits per heavy atom. The van der Waals surface area contributed by atoms with Crippen molar-refractivity contribution in [1.29, 1.82) is 0 Å². The van der Waals surface area contributed by atoms with Crippen molar-refractivity contribution in [1.82, 2.24) is 4.98 Å². The van der Waals surface area contributed by atoms with Crippen LogP contribution in [0.1, 0.15) is 15.9 Å². The predicted molar refractivity (Wildman–Crippen MR) is 66.5 cm³/mol. The van der Waals surface area contributed by atoms with Crippen LogP contribution in [0.3, 0.4) is 0 Å². The number of benzene rings is 1. The Kier molecular flexibility index (Phi) is 3.64. The van der Waals surface area contributed by atoms with Crippen LogP contribution in [0.5, 0.6) is 0 Å². The van der Waals surface area contributed by atoms with E-state index in [1.807, 2.05) is 0 Å². The molecule has 18 heavy (non-hydrogen) atoms. The molecule has 92 valence electrons. The van der Waals surface area contributed by atoms with Crippen molar-refractivity contribution in [2.45, 2.75) is 6.54 Å². The Bertz CT molecular complexity index is 572. The molecule has 0 atom stereocenters. The second-order valence-corrected chi connectivity index (χ2v) is 3.68. The minimum absolute atomic E-state index is 0.239. The van der Waals surface area contributed by atoms with Crippen LogP contribution in [0.15, 0.2) is 42.6 Å². The third-order valence-corrected chi connectivity index (χ3v) is 2.43. The van der Waals surface area contributed by atoms with Crippen LogP contribution in [0.25, 0.3) is 0 Å². The van der Waals surface area contributed by atoms with Gasteiger partial charge in [-0.2, -0.15) is 0 Å². The van der Waals surface area contributed by atoms with Gasteiger partial charge < -0.3 is 11.1 Å². The molecule has 0 aliphatic rings. The van der Waals surface area contributed by atoms with Gasteiger partial charge in [-0.15, -0.1) is 0 Å². The van der Waals surface area contributed by atoms with Crippen LogP contribution >= 0.6 is 0 Å². The number of halogens is 1. The SMILES string of the molecule is NCc1cccnc1NC(=O)c1cccc(F)c1. The van der Waals surface area contributed by atoms with Crippen LogP contribution < -0.4 is 11.1 Å². The number of nitrogens with two attached hydrogens (primary N) is 1. The van der Waals surface area contributed by atoms with Gasteiger partial charge in [0.05, 0.1) is 0 Å². The smallest absolute Gasteiger partial charge is 0.256 e. The fraction of sp³-hybridized carbons (Fsp3) is 0.0769. The second-order valence-electron chi connectivity index (χ2n) is 3.68. The Balaban J connectivity index is 2.21. The molecule has 3 N–H and O–H groups in total. The summed E-state index contributed by atoms with van der Waals surface area (Å²) in [6.45, 7) is 0.270. The lowest BCUT2D eigenvalue weighted by atomic mass is 10.2. The summed E-state index contributed by atoms with van der Waals surface area (Å²) in [6.07, 6.45) is 1.56. The van der Waals surface area contributed by atoms with Gasteiger partial charge in [-0.25, -0.2) is 9.37 Å². The number of nitrogens with one attached hydrogen (secondary N) is 1. The van der Waals surface area contributed by atoms with Crippen molar-refractivity contribution >= 4 is 11.7 Å². The van der Waals surface area contributed by atoms with E-state index in [1.165, 1.54) is 24.3 Å². The van der Waals surface area contributed by atoms with Gasteiger partial charge in [-0.1, -0.05) is 12.1 Å². The van der Waals surface area contributed by atoms with Gasteiger partial charge >= 0.3 is 0 Å². The Labute approximate surface area is 104 Å². The second kappa shape index (κ2) is 5.37. The van der Waals surface area contributed by atoms with Gasteiger partial charge in [0.1, 0.15) is 11.6 Å². The lowest BCUT2D eigenvalue weighted by molar-refractivity contribution is 0.102. The molecule has 0 saturated heterocycles. The molecule has 0 radical (unpaired) electrons. The van der Waals surface area contributed by atoms with Crippen LogP contribution in [0.2, 0.25) is 0 Å². The Morgan fingerprint density at radius 1 is 1.33 bits per heavy atom. The number of hydrogen-bond acceptors (Lipinski definition) is 3. The molecule has 0 aliphatic heterocycles. The molecule has 0 saturated carbocycles. The van der Waals surface area contributed by atoms with Gasteiger partial charge in [-0.05, 0) is 24.3 Å². The normalized spacial score (nSPS) is 10.1. The van der Waals surface area contributed by atoms with Crippen molar-refractivity contribution < 1.29 is 9.18 Å². The molecule has 0 spiro atoms. The van der Waals surface area contributed by atoms with Gasteiger partial charge in [0.15, 0.2) is 0 Å². The van der Waals surface area contributed by atoms with E-state index in [-0.39, 0.29) is 12.1 Å². The maximum absolute atomic E-state index is 13.0. The summed E-state index contributed by atoms with van der Waals surface area (Å²) in [5.41, 5.74) is 6.50. The maximum Gasteiger partial charge on any atom is 0.256 e. The highest BCUT2D eigenvalue weighted by atomic mass is 19.1. The van der Waals surface area contributed by atoms with E-state index in [1.54, 1.807) is 18.3 Å². The number of rotatable bonds is 3. The first-order chi connectivity index (χ1) is 8.70. The predicted octanol–water partition coefficient (Wildman–Crippen LogP) is 1.93. The molecule has 0 bridgehead atoms. The van der Waals surface area contributed by atoms with E-state index >= 15 is 0 Å². The molecule has 1 aromatic carbocycles. The fourth-order valence-corrected chi connectivity index (χ4v) is 1.53. The Hall–Kier alpha value is -2.27. The summed E-state index contributed by atoms with van der Waals surface area (Å²) in [6, 6.07) is 8.97. The summed E-state index contributed by atoms with van der Waals surface area (Å²) in [5.74, 6) is -0.472. The average Bonchev–Trinajstić information content (AvgIpc) is 2.39. The van der Waals surface area contributed by atoms with Crippen molar-refractivity contribution in [2.24, 2.45) is 5.73 Å². The molecule has 1 amide bonds. The third kappa shape index (κ3) is 2.70. The number of nitrogens with zero attached hydrogens (tertiary/aromatic N) is 1. The Morgan fingerprint density at radius 2 is 2.17 bits per heavy atom. The van der Waals surface area contributed by atoms with E-state index in [9.17, 15) is 9.18 Å². The molecule has 0 aliphatic carbocycles. The molecular formula is C13H12FN3O. The van der Waals surface area contributed by atoms with Gasteiger partial charge in [0.2, 0.25) is 0 Å². The van der Waals surface area contributed by atoms with Gasteiger partial charge in [0.25, 0.3) is 5.91 Å². The highest BCUT2D eigenvalue weighted by Gasteiger charge is 2.09. The third-order valence-electron chi connectivity index (χ3n) is 2.43. The standard InChI is InChI=1S/C13H12FN3O/c14-11-5-1-3-9(7-11)13(18)17-12-10(8-15)4-2-6-16-12/h1-7H,8,15H2,(H,16,17,18). The van der Waals surface area contributed by atoms with Crippen LogP contribution in [0.4, 0.5) is 10.2 Å². The lowest BCUT2D eigenvalue weighted by Crippen LogP contribution is -2.15. The summed E-state index contributed by atoms with van der Waals surface area (Å²) in [5, 5.41) is 2.61. The van der Waals surface area contributed by atoms with Crippen LogP contribution in [-0.2, 0) is 6.54 Å². The molecule has 5 heteroatoms. The number of pyridine rings is 1. The van der Waals surface area contributed by atoms with Gasteiger partial charge in [0, 0.05) is 23.9 Å². The van der Waals surface area contributed by atoms with Crippen LogP contribution in [0, 0.1) is 5.82 Å². The molecule has 1 aromatic heterocycles. The lowest BCUT2D eigenvalue weighted by Gasteiger charge is -2.08. The molecule has 1 heterocycles. The maximum atomic E-state index is 13.0. The topological polar surface area (TPSA) is 68.0 Å². The summed E-state index contributed by atoms with van der Waals surface area (Å²) in [7, 11) is 0. The fourth-order valence-electron chi connectivity index (χ4n) is 1.53. The number of anilines is 1. The number of amides is 1. The van der Waals surface area contributed by atoms with E-state index < -0.39 is 11.7 Å². The highest BCUT2D eigenvalue weighted by molar-refractivity contribution is 6.04. The zero-order valence-corrected chi connectivity index (χ0v) is 9.56. The van der Waals surface area contributed by atoms with Crippen molar-refractivity contribution in [3.05, 3.63) is 59.5 Å².